The highest BCUT2D eigenvalue weighted by Gasteiger charge is 2.16. The average Bonchev–Trinajstić information content (AvgIpc) is 2.66. The lowest BCUT2D eigenvalue weighted by molar-refractivity contribution is 0.0692. The van der Waals surface area contributed by atoms with E-state index in [2.05, 4.69) is 10.3 Å². The molecule has 0 atom stereocenters. The van der Waals surface area contributed by atoms with Crippen LogP contribution in [0.2, 0.25) is 0 Å². The summed E-state index contributed by atoms with van der Waals surface area (Å²) in [5.41, 5.74) is 7.57. The van der Waals surface area contributed by atoms with E-state index < -0.39 is 12.1 Å². The highest BCUT2D eigenvalue weighted by Crippen LogP contribution is 2.22. The molecule has 0 bridgehead atoms. The van der Waals surface area contributed by atoms with Gasteiger partial charge in [-0.05, 0) is 23.3 Å². The minimum absolute atomic E-state index is 0.0727. The molecule has 26 heavy (non-hydrogen) atoms. The molecule has 0 aliphatic carbocycles. The maximum Gasteiger partial charge on any atom is 0.412 e. The number of aromatic nitrogens is 1. The van der Waals surface area contributed by atoms with E-state index in [0.717, 1.165) is 11.1 Å². The highest BCUT2D eigenvalue weighted by molar-refractivity contribution is 6.00. The molecule has 3 aromatic rings. The third-order valence-corrected chi connectivity index (χ3v) is 3.77. The van der Waals surface area contributed by atoms with E-state index in [-0.39, 0.29) is 18.0 Å². The molecular weight excluding hydrogens is 334 g/mol. The molecule has 0 saturated carbocycles. The van der Waals surface area contributed by atoms with Gasteiger partial charge in [0.15, 0.2) is 5.69 Å². The molecule has 0 aliphatic heterocycles. The number of nitrogens with two attached hydrogens (primary N) is 1. The van der Waals surface area contributed by atoms with Crippen molar-refractivity contribution >= 4 is 28.7 Å². The summed E-state index contributed by atoms with van der Waals surface area (Å²) in [5, 5.41) is 12.5. The first kappa shape index (κ1) is 17.4. The van der Waals surface area contributed by atoms with Crippen molar-refractivity contribution in [3.05, 3.63) is 71.4 Å². The van der Waals surface area contributed by atoms with E-state index >= 15 is 0 Å². The number of amides is 1. The summed E-state index contributed by atoms with van der Waals surface area (Å²) in [5.74, 6) is -1.25. The van der Waals surface area contributed by atoms with Gasteiger partial charge in [0.05, 0.1) is 11.2 Å². The number of benzene rings is 2. The van der Waals surface area contributed by atoms with E-state index in [4.69, 9.17) is 10.5 Å². The summed E-state index contributed by atoms with van der Waals surface area (Å²) in [6.45, 7) is 0.405. The largest absolute Gasteiger partial charge is 0.476 e. The van der Waals surface area contributed by atoms with Gasteiger partial charge < -0.3 is 15.6 Å². The van der Waals surface area contributed by atoms with Gasteiger partial charge in [-0.15, -0.1) is 0 Å². The number of ether oxygens (including phenoxy) is 1. The summed E-state index contributed by atoms with van der Waals surface area (Å²) in [7, 11) is 0. The van der Waals surface area contributed by atoms with Crippen LogP contribution in [0.15, 0.2) is 54.6 Å². The van der Waals surface area contributed by atoms with Gasteiger partial charge in [0, 0.05) is 11.9 Å². The molecule has 0 fully saturated rings. The minimum atomic E-state index is -1.25. The first-order valence-electron chi connectivity index (χ1n) is 7.91. The Morgan fingerprint density at radius 2 is 1.85 bits per heavy atom. The van der Waals surface area contributed by atoms with E-state index in [1.807, 2.05) is 36.4 Å². The normalized spacial score (nSPS) is 10.5. The van der Waals surface area contributed by atoms with Gasteiger partial charge in [-0.1, -0.05) is 42.5 Å². The van der Waals surface area contributed by atoms with E-state index in [9.17, 15) is 14.7 Å². The van der Waals surface area contributed by atoms with Crippen LogP contribution in [0.25, 0.3) is 10.9 Å². The molecule has 0 radical (unpaired) electrons. The number of nitrogens with one attached hydrogen (secondary N) is 1. The fraction of sp³-hybridized carbons (Fsp3) is 0.105. The number of hydrogen-bond donors (Lipinski definition) is 3. The predicted octanol–water partition coefficient (Wildman–Crippen LogP) is 3.14. The van der Waals surface area contributed by atoms with Crippen LogP contribution in [0.1, 0.15) is 21.6 Å². The van der Waals surface area contributed by atoms with Crippen LogP contribution < -0.4 is 11.1 Å². The van der Waals surface area contributed by atoms with E-state index in [1.165, 1.54) is 0 Å². The molecule has 0 spiro atoms. The second-order valence-electron chi connectivity index (χ2n) is 5.61. The summed E-state index contributed by atoms with van der Waals surface area (Å²) >= 11 is 0. The molecule has 4 N–H and O–H groups in total. The Kier molecular flexibility index (Phi) is 5.09. The quantitative estimate of drug-likeness (QED) is 0.650. The maximum absolute atomic E-state index is 12.0. The molecule has 1 aromatic heterocycles. The number of rotatable bonds is 5. The number of fused-ring (bicyclic) bond motifs is 1. The van der Waals surface area contributed by atoms with Gasteiger partial charge in [0.25, 0.3) is 0 Å². The molecule has 0 saturated heterocycles. The molecular formula is C19H17N3O4. The Labute approximate surface area is 149 Å². The van der Waals surface area contributed by atoms with Crippen LogP contribution in [0.3, 0.4) is 0 Å². The van der Waals surface area contributed by atoms with Crippen molar-refractivity contribution in [1.82, 2.24) is 4.98 Å². The molecule has 7 nitrogen and oxygen atoms in total. The molecule has 0 aliphatic rings. The van der Waals surface area contributed by atoms with Crippen LogP contribution >= 0.6 is 0 Å². The Balaban J connectivity index is 1.82. The third kappa shape index (κ3) is 3.96. The van der Waals surface area contributed by atoms with Crippen LogP contribution in [-0.2, 0) is 17.9 Å². The van der Waals surface area contributed by atoms with Crippen molar-refractivity contribution in [2.75, 3.05) is 5.32 Å². The van der Waals surface area contributed by atoms with Gasteiger partial charge in [0.1, 0.15) is 6.61 Å². The maximum atomic E-state index is 12.0. The van der Waals surface area contributed by atoms with Crippen molar-refractivity contribution in [3.8, 4) is 0 Å². The van der Waals surface area contributed by atoms with Crippen molar-refractivity contribution < 1.29 is 19.4 Å². The SMILES string of the molecule is NCc1ccc2cc(NC(=O)OCc3ccccc3)c(C(=O)O)nc2c1. The zero-order chi connectivity index (χ0) is 18.5. The summed E-state index contributed by atoms with van der Waals surface area (Å²) in [6.07, 6.45) is -0.754. The van der Waals surface area contributed by atoms with Crippen molar-refractivity contribution in [3.63, 3.8) is 0 Å². The molecule has 7 heteroatoms. The summed E-state index contributed by atoms with van der Waals surface area (Å²) in [4.78, 5) is 27.7. The lowest BCUT2D eigenvalue weighted by Gasteiger charge is -2.11. The molecule has 0 unspecified atom stereocenters. The lowest BCUT2D eigenvalue weighted by Crippen LogP contribution is -2.17. The molecule has 1 heterocycles. The van der Waals surface area contributed by atoms with Gasteiger partial charge in [-0.2, -0.15) is 0 Å². The minimum Gasteiger partial charge on any atom is -0.476 e. The van der Waals surface area contributed by atoms with Crippen molar-refractivity contribution in [2.24, 2.45) is 5.73 Å². The third-order valence-electron chi connectivity index (χ3n) is 3.77. The first-order valence-corrected chi connectivity index (χ1v) is 7.91. The number of carbonyl (C=O) groups is 2. The molecule has 2 aromatic carbocycles. The molecule has 132 valence electrons. The van der Waals surface area contributed by atoms with Gasteiger partial charge >= 0.3 is 12.1 Å². The van der Waals surface area contributed by atoms with Crippen LogP contribution in [-0.4, -0.2) is 22.2 Å². The number of aromatic carboxylic acids is 1. The smallest absolute Gasteiger partial charge is 0.412 e. The fourth-order valence-corrected chi connectivity index (χ4v) is 2.47. The second-order valence-corrected chi connectivity index (χ2v) is 5.61. The number of carboxylic acids is 1. The zero-order valence-corrected chi connectivity index (χ0v) is 13.8. The molecule has 3 rings (SSSR count). The standard InChI is InChI=1S/C19H17N3O4/c20-10-13-6-7-14-9-16(17(18(23)24)21-15(14)8-13)22-19(25)26-11-12-4-2-1-3-5-12/h1-9H,10-11,20H2,(H,22,25)(H,23,24). The Bertz CT molecular complexity index is 958. The predicted molar refractivity (Wildman–Crippen MR) is 96.8 cm³/mol. The number of carbonyl (C=O) groups excluding carboxylic acids is 1. The Hall–Kier alpha value is -3.45. The van der Waals surface area contributed by atoms with Crippen molar-refractivity contribution in [1.29, 1.82) is 0 Å². The van der Waals surface area contributed by atoms with Gasteiger partial charge in [-0.25, -0.2) is 14.6 Å². The van der Waals surface area contributed by atoms with Gasteiger partial charge in [-0.3, -0.25) is 5.32 Å². The summed E-state index contributed by atoms with van der Waals surface area (Å²) < 4.78 is 5.13. The van der Waals surface area contributed by atoms with E-state index in [0.29, 0.717) is 17.4 Å². The summed E-state index contributed by atoms with van der Waals surface area (Å²) in [6, 6.07) is 16.0. The molecule has 1 amide bonds. The second kappa shape index (κ2) is 7.62. The van der Waals surface area contributed by atoms with Gasteiger partial charge in [0.2, 0.25) is 0 Å². The van der Waals surface area contributed by atoms with Crippen LogP contribution in [0.5, 0.6) is 0 Å². The number of carboxylic acid groups (broad SMARTS) is 1. The Morgan fingerprint density at radius 1 is 1.08 bits per heavy atom. The lowest BCUT2D eigenvalue weighted by atomic mass is 10.1. The van der Waals surface area contributed by atoms with Crippen LogP contribution in [0.4, 0.5) is 10.5 Å². The number of nitrogens with zero attached hydrogens (tertiary/aromatic N) is 1. The van der Waals surface area contributed by atoms with Crippen molar-refractivity contribution in [2.45, 2.75) is 13.2 Å². The zero-order valence-electron chi connectivity index (χ0n) is 13.8. The average molecular weight is 351 g/mol. The number of pyridine rings is 1. The topological polar surface area (TPSA) is 115 Å². The van der Waals surface area contributed by atoms with E-state index in [1.54, 1.807) is 18.2 Å². The highest BCUT2D eigenvalue weighted by atomic mass is 16.5. The first-order chi connectivity index (χ1) is 12.6. The number of hydrogen-bond acceptors (Lipinski definition) is 5. The monoisotopic (exact) mass is 351 g/mol. The fourth-order valence-electron chi connectivity index (χ4n) is 2.47. The number of anilines is 1. The Morgan fingerprint density at radius 3 is 2.54 bits per heavy atom. The van der Waals surface area contributed by atoms with Crippen LogP contribution in [0, 0.1) is 0 Å².